The van der Waals surface area contributed by atoms with Crippen LogP contribution in [0.1, 0.15) is 5.56 Å². The van der Waals surface area contributed by atoms with Gasteiger partial charge in [0.25, 0.3) is 0 Å². The molecular formula is C13H15N3O3. The molecule has 6 heteroatoms. The molecule has 0 radical (unpaired) electrons. The lowest BCUT2D eigenvalue weighted by molar-refractivity contribution is -0.141. The third-order valence-electron chi connectivity index (χ3n) is 2.28. The Hall–Kier alpha value is -2.52. The minimum Gasteiger partial charge on any atom is -0.480 e. The van der Waals surface area contributed by atoms with Crippen LogP contribution in [0.15, 0.2) is 30.3 Å². The van der Waals surface area contributed by atoms with Crippen LogP contribution in [0, 0.1) is 12.5 Å². The minimum absolute atomic E-state index is 0.169. The second-order valence-corrected chi connectivity index (χ2v) is 3.72. The first-order chi connectivity index (χ1) is 9.52. The molecule has 1 aromatic carbocycles. The Morgan fingerprint density at radius 1 is 1.42 bits per heavy atom. The molecule has 0 spiro atoms. The van der Waals surface area contributed by atoms with Crippen molar-refractivity contribution in [3.8, 4) is 12.5 Å². The summed E-state index contributed by atoms with van der Waals surface area (Å²) in [5.74, 6) is -1.74. The summed E-state index contributed by atoms with van der Waals surface area (Å²) in [6, 6.07) is 9.88. The summed E-state index contributed by atoms with van der Waals surface area (Å²) in [7, 11) is 0. The normalized spacial score (nSPS) is 12.1. The quantitative estimate of drug-likeness (QED) is 0.302. The monoisotopic (exact) mass is 262 g/mol. The van der Waals surface area contributed by atoms with Crippen LogP contribution < -0.4 is 16.2 Å². The highest BCUT2D eigenvalue weighted by Gasteiger charge is 2.19. The molecule has 0 aliphatic carbocycles. The number of carbonyl (C=O) groups excluding carboxylic acids is 1. The van der Waals surface area contributed by atoms with E-state index in [1.165, 1.54) is 0 Å². The lowest BCUT2D eigenvalue weighted by Gasteiger charge is -2.14. The van der Waals surface area contributed by atoms with Crippen LogP contribution in [0.3, 0.4) is 0 Å². The molecule has 6 nitrogen and oxygen atoms in total. The fourth-order valence-electron chi connectivity index (χ4n) is 1.45. The molecule has 100 valence electrons. The average molecular weight is 262 g/mol. The molecule has 0 unspecified atom stereocenters. The maximum Gasteiger partial charge on any atom is 0.326 e. The number of benzene rings is 1. The summed E-state index contributed by atoms with van der Waals surface area (Å²) in [4.78, 5) is 22.7. The van der Waals surface area contributed by atoms with Crippen LogP contribution in [-0.4, -0.2) is 29.6 Å². The van der Waals surface area contributed by atoms with Crippen molar-refractivity contribution < 1.29 is 16.1 Å². The summed E-state index contributed by atoms with van der Waals surface area (Å²) in [6.45, 7) is -0.372. The Morgan fingerprint density at radius 3 is 2.68 bits per heavy atom. The highest BCUT2D eigenvalue weighted by molar-refractivity contribution is 5.84. The molecule has 1 rings (SSSR count). The van der Waals surface area contributed by atoms with Crippen molar-refractivity contribution >= 4 is 11.9 Å². The van der Waals surface area contributed by atoms with E-state index in [0.717, 1.165) is 5.56 Å². The fourth-order valence-corrected chi connectivity index (χ4v) is 1.45. The number of carbonyl (C=O) groups is 2. The van der Waals surface area contributed by atoms with E-state index in [9.17, 15) is 9.59 Å². The number of carboxylic acid groups (broad SMARTS) is 1. The molecule has 19 heavy (non-hydrogen) atoms. The van der Waals surface area contributed by atoms with Crippen LogP contribution in [0.25, 0.3) is 0 Å². The Bertz CT molecular complexity index is 501. The number of amides is 1. The van der Waals surface area contributed by atoms with E-state index in [2.05, 4.69) is 10.7 Å². The van der Waals surface area contributed by atoms with Crippen molar-refractivity contribution in [1.29, 1.82) is 0 Å². The maximum absolute atomic E-state index is 11.6. The van der Waals surface area contributed by atoms with E-state index in [1.807, 2.05) is 12.1 Å². The Labute approximate surface area is 112 Å². The molecule has 0 fully saturated rings. The van der Waals surface area contributed by atoms with Gasteiger partial charge < -0.3 is 10.4 Å². The molecule has 0 aliphatic rings. The van der Waals surface area contributed by atoms with Crippen molar-refractivity contribution in [2.24, 2.45) is 0 Å². The number of aliphatic carboxylic acids is 1. The first-order valence-electron chi connectivity index (χ1n) is 6.01. The van der Waals surface area contributed by atoms with E-state index < -0.39 is 17.9 Å². The van der Waals surface area contributed by atoms with Gasteiger partial charge in [-0.3, -0.25) is 10.2 Å². The molecule has 4 N–H and O–H groups in total. The standard InChI is InChI=1S/C13H15N3O3/c1-2-14-15-9-12(17)16-11(13(18)19)8-10-6-4-3-5-7-10/h1,3-7,11,14-15H,8-9H2,(H,16,17)(H,18,19)/t11-/m0/s1/i/hD. The van der Waals surface area contributed by atoms with Gasteiger partial charge in [0.2, 0.25) is 5.91 Å². The minimum atomic E-state index is -1.14. The molecule has 0 saturated heterocycles. The molecule has 1 atom stereocenters. The zero-order valence-electron chi connectivity index (χ0n) is 11.2. The van der Waals surface area contributed by atoms with Gasteiger partial charge in [-0.2, -0.15) is 0 Å². The summed E-state index contributed by atoms with van der Waals surface area (Å²) in [5.41, 5.74) is 3.58. The van der Waals surface area contributed by atoms with Crippen molar-refractivity contribution in [3.63, 3.8) is 0 Å². The van der Waals surface area contributed by atoms with Gasteiger partial charge in [0, 0.05) is 12.5 Å². The predicted molar refractivity (Wildman–Crippen MR) is 69.7 cm³/mol. The van der Waals surface area contributed by atoms with E-state index in [4.69, 9.17) is 12.9 Å². The van der Waals surface area contributed by atoms with Gasteiger partial charge in [-0.25, -0.2) is 10.2 Å². The van der Waals surface area contributed by atoms with E-state index in [0.29, 0.717) is 5.42 Å². The number of hydrogen-bond acceptors (Lipinski definition) is 4. The van der Waals surface area contributed by atoms with E-state index in [1.54, 1.807) is 24.3 Å². The van der Waals surface area contributed by atoms with E-state index >= 15 is 0 Å². The number of hydrazine groups is 1. The predicted octanol–water partition coefficient (Wildman–Crippen LogP) is -0.517. The van der Waals surface area contributed by atoms with Crippen LogP contribution in [-0.2, 0) is 16.0 Å². The zero-order valence-corrected chi connectivity index (χ0v) is 10.2. The second kappa shape index (κ2) is 7.74. The third-order valence-corrected chi connectivity index (χ3v) is 2.28. The van der Waals surface area contributed by atoms with Gasteiger partial charge in [0.1, 0.15) is 7.45 Å². The zero-order chi connectivity index (χ0) is 15.0. The van der Waals surface area contributed by atoms with Gasteiger partial charge in [-0.1, -0.05) is 36.8 Å². The third kappa shape index (κ3) is 5.57. The van der Waals surface area contributed by atoms with Crippen molar-refractivity contribution in [1.82, 2.24) is 16.2 Å². The molecule has 0 aliphatic heterocycles. The van der Waals surface area contributed by atoms with Gasteiger partial charge >= 0.3 is 5.97 Å². The first-order valence-corrected chi connectivity index (χ1v) is 5.56. The Balaban J connectivity index is 2.58. The summed E-state index contributed by atoms with van der Waals surface area (Å²) >= 11 is 0. The van der Waals surface area contributed by atoms with Crippen molar-refractivity contribution in [2.45, 2.75) is 12.5 Å². The van der Waals surface area contributed by atoms with Gasteiger partial charge in [0.05, 0.1) is 6.54 Å². The van der Waals surface area contributed by atoms with Crippen LogP contribution in [0.5, 0.6) is 0 Å². The lowest BCUT2D eigenvalue weighted by atomic mass is 10.1. The molecule has 0 heterocycles. The number of rotatable bonds is 7. The van der Waals surface area contributed by atoms with Crippen LogP contribution in [0.2, 0.25) is 1.41 Å². The molecule has 0 saturated carbocycles. The van der Waals surface area contributed by atoms with Gasteiger partial charge in [0.15, 0.2) is 0 Å². The molecular weight excluding hydrogens is 246 g/mol. The van der Waals surface area contributed by atoms with Gasteiger partial charge in [-0.15, -0.1) is 0 Å². The van der Waals surface area contributed by atoms with Gasteiger partial charge in [-0.05, 0) is 5.56 Å². The van der Waals surface area contributed by atoms with Crippen LogP contribution in [0.4, 0.5) is 0 Å². The highest BCUT2D eigenvalue weighted by Crippen LogP contribution is 2.03. The highest BCUT2D eigenvalue weighted by atomic mass is 16.4. The first kappa shape index (κ1) is 12.9. The topological polar surface area (TPSA) is 90.5 Å². The van der Waals surface area contributed by atoms with E-state index in [-0.39, 0.29) is 13.0 Å². The fraction of sp³-hybridized carbons (Fsp3) is 0.231. The molecule has 1 aromatic rings. The van der Waals surface area contributed by atoms with Crippen LogP contribution >= 0.6 is 0 Å². The maximum atomic E-state index is 11.6. The lowest BCUT2D eigenvalue weighted by Crippen LogP contribution is -2.47. The second-order valence-electron chi connectivity index (χ2n) is 3.72. The Kier molecular flexibility index (Phi) is 5.26. The van der Waals surface area contributed by atoms with Crippen molar-refractivity contribution in [2.75, 3.05) is 6.54 Å². The number of nitrogens with one attached hydrogen (secondary N) is 3. The largest absolute Gasteiger partial charge is 0.480 e. The van der Waals surface area contributed by atoms with Crippen molar-refractivity contribution in [3.05, 3.63) is 35.9 Å². The number of terminal acetylenes is 1. The summed E-state index contributed by atoms with van der Waals surface area (Å²) in [6.07, 6.45) is 5.08. The average Bonchev–Trinajstić information content (AvgIpc) is 2.39. The molecule has 1 amide bonds. The Morgan fingerprint density at radius 2 is 2.11 bits per heavy atom. The SMILES string of the molecule is [2H]N(CC(=O)N[C@@H](Cc1ccccc1)C(=O)O)NC#C. The molecule has 0 aromatic heterocycles. The number of carboxylic acids is 1. The number of hydrogen-bond donors (Lipinski definition) is 4. The summed E-state index contributed by atoms with van der Waals surface area (Å²) in [5, 5.41) is 11.4. The molecule has 0 bridgehead atoms. The summed E-state index contributed by atoms with van der Waals surface area (Å²) < 4.78 is 7.25. The smallest absolute Gasteiger partial charge is 0.326 e.